The van der Waals surface area contributed by atoms with Gasteiger partial charge in [0.15, 0.2) is 0 Å². The van der Waals surface area contributed by atoms with Crippen LogP contribution in [0.4, 0.5) is 8.78 Å². The summed E-state index contributed by atoms with van der Waals surface area (Å²) < 4.78 is 28.5. The third kappa shape index (κ3) is 3.33. The Labute approximate surface area is 154 Å². The molecule has 1 aliphatic rings. The fraction of sp³-hybridized carbons (Fsp3) is 0.200. The van der Waals surface area contributed by atoms with Crippen LogP contribution < -0.4 is 0 Å². The molecular weight excluding hydrogens is 352 g/mol. The Balaban J connectivity index is 1.78. The van der Waals surface area contributed by atoms with E-state index in [1.54, 1.807) is 23.0 Å². The van der Waals surface area contributed by atoms with Crippen molar-refractivity contribution in [2.45, 2.75) is 12.3 Å². The number of benzene rings is 2. The summed E-state index contributed by atoms with van der Waals surface area (Å²) in [6.07, 6.45) is -1.08. The Hall–Kier alpha value is -3.06. The van der Waals surface area contributed by atoms with Gasteiger partial charge in [-0.2, -0.15) is 5.10 Å². The van der Waals surface area contributed by atoms with E-state index in [2.05, 4.69) is 5.10 Å². The van der Waals surface area contributed by atoms with Gasteiger partial charge in [-0.3, -0.25) is 4.79 Å². The molecule has 5 nitrogen and oxygen atoms in total. The van der Waals surface area contributed by atoms with Crippen LogP contribution in [0.2, 0.25) is 0 Å². The average molecular weight is 369 g/mol. The zero-order valence-electron chi connectivity index (χ0n) is 14.3. The van der Waals surface area contributed by atoms with E-state index in [1.807, 2.05) is 30.3 Å². The van der Waals surface area contributed by atoms with Gasteiger partial charge in [-0.05, 0) is 36.4 Å². The number of carbonyl (C=O) groups excluding carboxylic acids is 1. The minimum Gasteiger partial charge on any atom is -0.388 e. The molecule has 1 N–H and O–H groups in total. The molecule has 7 heteroatoms. The second-order valence-corrected chi connectivity index (χ2v) is 6.47. The number of amides is 1. The third-order valence-corrected chi connectivity index (χ3v) is 4.59. The molecule has 1 fully saturated rings. The van der Waals surface area contributed by atoms with Crippen molar-refractivity contribution < 1.29 is 18.7 Å². The van der Waals surface area contributed by atoms with Gasteiger partial charge in [0.25, 0.3) is 5.91 Å². The van der Waals surface area contributed by atoms with Gasteiger partial charge in [0, 0.05) is 18.3 Å². The molecule has 1 saturated heterocycles. The van der Waals surface area contributed by atoms with Gasteiger partial charge in [-0.15, -0.1) is 0 Å². The minimum absolute atomic E-state index is 0.0701. The summed E-state index contributed by atoms with van der Waals surface area (Å²) >= 11 is 0. The summed E-state index contributed by atoms with van der Waals surface area (Å²) in [6.45, 7) is -0.237. The average Bonchev–Trinajstić information content (AvgIpc) is 3.27. The zero-order valence-corrected chi connectivity index (χ0v) is 14.3. The van der Waals surface area contributed by atoms with Crippen molar-refractivity contribution in [2.24, 2.45) is 0 Å². The number of aromatic nitrogens is 2. The number of nitrogens with zero attached hydrogens (tertiary/aromatic N) is 3. The van der Waals surface area contributed by atoms with Crippen molar-refractivity contribution >= 4 is 5.91 Å². The molecule has 0 radical (unpaired) electrons. The summed E-state index contributed by atoms with van der Waals surface area (Å²) in [5.74, 6) is -0.812. The van der Waals surface area contributed by atoms with E-state index in [1.165, 1.54) is 17.0 Å². The predicted octanol–water partition coefficient (Wildman–Crippen LogP) is 2.83. The largest absolute Gasteiger partial charge is 0.388 e. The summed E-state index contributed by atoms with van der Waals surface area (Å²) in [7, 11) is 0. The van der Waals surface area contributed by atoms with Crippen LogP contribution in [0.15, 0.2) is 60.8 Å². The number of hydrogen-bond donors (Lipinski definition) is 1. The first kappa shape index (κ1) is 17.4. The van der Waals surface area contributed by atoms with Crippen LogP contribution in [-0.4, -0.2) is 51.1 Å². The molecule has 3 aromatic rings. The summed E-state index contributed by atoms with van der Waals surface area (Å²) in [5, 5.41) is 14.1. The summed E-state index contributed by atoms with van der Waals surface area (Å²) in [5.41, 5.74) is 1.98. The lowest BCUT2D eigenvalue weighted by Gasteiger charge is -2.14. The number of alkyl halides is 1. The van der Waals surface area contributed by atoms with E-state index in [4.69, 9.17) is 0 Å². The highest BCUT2D eigenvalue weighted by molar-refractivity contribution is 6.00. The highest BCUT2D eigenvalue weighted by atomic mass is 19.1. The highest BCUT2D eigenvalue weighted by Gasteiger charge is 2.36. The lowest BCUT2D eigenvalue weighted by atomic mass is 10.1. The van der Waals surface area contributed by atoms with Crippen LogP contribution in [0.3, 0.4) is 0 Å². The molecule has 138 valence electrons. The van der Waals surface area contributed by atoms with Crippen LogP contribution in [0.5, 0.6) is 0 Å². The lowest BCUT2D eigenvalue weighted by molar-refractivity contribution is 0.0765. The smallest absolute Gasteiger partial charge is 0.257 e. The number of rotatable bonds is 3. The van der Waals surface area contributed by atoms with Gasteiger partial charge in [0.05, 0.1) is 17.8 Å². The van der Waals surface area contributed by atoms with Crippen LogP contribution in [0.25, 0.3) is 16.9 Å². The van der Waals surface area contributed by atoms with Crippen LogP contribution in [0, 0.1) is 5.82 Å². The molecule has 2 aromatic carbocycles. The maximum absolute atomic E-state index is 13.7. The molecule has 0 bridgehead atoms. The Bertz CT molecular complexity index is 947. The second-order valence-electron chi connectivity index (χ2n) is 6.47. The summed E-state index contributed by atoms with van der Waals surface area (Å²) in [6, 6.07) is 14.9. The van der Waals surface area contributed by atoms with Crippen molar-refractivity contribution in [3.8, 4) is 16.9 Å². The van der Waals surface area contributed by atoms with E-state index >= 15 is 0 Å². The Kier molecular flexibility index (Phi) is 4.45. The zero-order chi connectivity index (χ0) is 19.0. The van der Waals surface area contributed by atoms with Crippen molar-refractivity contribution in [3.63, 3.8) is 0 Å². The van der Waals surface area contributed by atoms with E-state index in [-0.39, 0.29) is 18.7 Å². The SMILES string of the molecule is O=C(c1cn(-c2ccccc2)nc1-c1ccc(F)cc1)N1C[C@@H](O)[C@H](F)C1. The molecule has 1 aromatic heterocycles. The first-order valence-corrected chi connectivity index (χ1v) is 8.55. The first-order chi connectivity index (χ1) is 13.0. The Morgan fingerprint density at radius 3 is 2.41 bits per heavy atom. The normalized spacial score (nSPS) is 19.4. The molecule has 1 aliphatic heterocycles. The van der Waals surface area contributed by atoms with Crippen molar-refractivity contribution in [2.75, 3.05) is 13.1 Å². The number of aliphatic hydroxyl groups excluding tert-OH is 1. The third-order valence-electron chi connectivity index (χ3n) is 4.59. The highest BCUT2D eigenvalue weighted by Crippen LogP contribution is 2.27. The fourth-order valence-electron chi connectivity index (χ4n) is 3.15. The minimum atomic E-state index is -1.47. The molecular formula is C20H17F2N3O2. The maximum atomic E-state index is 13.7. The Morgan fingerprint density at radius 2 is 1.78 bits per heavy atom. The van der Waals surface area contributed by atoms with Gasteiger partial charge < -0.3 is 10.0 Å². The quantitative estimate of drug-likeness (QED) is 0.772. The molecule has 2 atom stereocenters. The van der Waals surface area contributed by atoms with Gasteiger partial charge in [-0.1, -0.05) is 18.2 Å². The summed E-state index contributed by atoms with van der Waals surface area (Å²) in [4.78, 5) is 14.2. The van der Waals surface area contributed by atoms with Gasteiger partial charge in [-0.25, -0.2) is 13.5 Å². The molecule has 0 spiro atoms. The van der Waals surface area contributed by atoms with Crippen molar-refractivity contribution in [3.05, 3.63) is 72.2 Å². The standard InChI is InChI=1S/C20H17F2N3O2/c21-14-8-6-13(7-9-14)19-16(20(27)24-11-17(22)18(26)12-24)10-25(23-19)15-4-2-1-3-5-15/h1-10,17-18,26H,11-12H2/t17-,18-/m1/s1. The van der Waals surface area contributed by atoms with Crippen LogP contribution in [-0.2, 0) is 0 Å². The van der Waals surface area contributed by atoms with E-state index < -0.39 is 24.0 Å². The van der Waals surface area contributed by atoms with Crippen LogP contribution >= 0.6 is 0 Å². The molecule has 2 heterocycles. The molecule has 0 unspecified atom stereocenters. The molecule has 27 heavy (non-hydrogen) atoms. The number of para-hydroxylation sites is 1. The van der Waals surface area contributed by atoms with E-state index in [0.717, 1.165) is 5.69 Å². The monoisotopic (exact) mass is 369 g/mol. The van der Waals surface area contributed by atoms with E-state index in [0.29, 0.717) is 11.3 Å². The molecule has 1 amide bonds. The molecule has 0 saturated carbocycles. The second kappa shape index (κ2) is 6.92. The van der Waals surface area contributed by atoms with Gasteiger partial charge >= 0.3 is 0 Å². The van der Waals surface area contributed by atoms with Crippen LogP contribution in [0.1, 0.15) is 10.4 Å². The number of β-amino-alcohol motifs (C(OH)–C–C–N with tert-alkyl or cyclic N) is 1. The fourth-order valence-corrected chi connectivity index (χ4v) is 3.15. The van der Waals surface area contributed by atoms with Crippen molar-refractivity contribution in [1.29, 1.82) is 0 Å². The number of halogens is 2. The number of hydrogen-bond acceptors (Lipinski definition) is 3. The number of aliphatic hydroxyl groups is 1. The molecule has 0 aliphatic carbocycles. The maximum Gasteiger partial charge on any atom is 0.257 e. The van der Waals surface area contributed by atoms with Gasteiger partial charge in [0.2, 0.25) is 0 Å². The first-order valence-electron chi connectivity index (χ1n) is 8.55. The predicted molar refractivity (Wildman–Crippen MR) is 95.8 cm³/mol. The number of carbonyl (C=O) groups is 1. The van der Waals surface area contributed by atoms with Crippen molar-refractivity contribution in [1.82, 2.24) is 14.7 Å². The van der Waals surface area contributed by atoms with E-state index in [9.17, 15) is 18.7 Å². The lowest BCUT2D eigenvalue weighted by Crippen LogP contribution is -2.29. The molecule has 4 rings (SSSR count). The number of likely N-dealkylation sites (tertiary alicyclic amines) is 1. The van der Waals surface area contributed by atoms with Gasteiger partial charge in [0.1, 0.15) is 23.8 Å². The Morgan fingerprint density at radius 1 is 1.07 bits per heavy atom. The topological polar surface area (TPSA) is 58.4 Å².